The molecule has 1 rings (SSSR count). The van der Waals surface area contributed by atoms with E-state index in [2.05, 4.69) is 31.9 Å². The van der Waals surface area contributed by atoms with Crippen molar-refractivity contribution in [3.63, 3.8) is 0 Å². The van der Waals surface area contributed by atoms with Gasteiger partial charge in [0.25, 0.3) is 0 Å². The van der Waals surface area contributed by atoms with Gasteiger partial charge < -0.3 is 5.73 Å². The molecule has 4 heteroatoms. The van der Waals surface area contributed by atoms with E-state index in [9.17, 15) is 4.79 Å². The summed E-state index contributed by atoms with van der Waals surface area (Å²) >= 11 is 6.68. The summed E-state index contributed by atoms with van der Waals surface area (Å²) in [6.07, 6.45) is 0. The summed E-state index contributed by atoms with van der Waals surface area (Å²) in [5.74, 6) is 0.0797. The van der Waals surface area contributed by atoms with Crippen molar-refractivity contribution in [1.82, 2.24) is 0 Å². The maximum atomic E-state index is 11.2. The van der Waals surface area contributed by atoms with Crippen LogP contribution < -0.4 is 5.73 Å². The first kappa shape index (κ1) is 11.7. The minimum atomic E-state index is -0.260. The van der Waals surface area contributed by atoms with Crippen LogP contribution >= 0.6 is 31.9 Å². The molecule has 0 saturated heterocycles. The van der Waals surface area contributed by atoms with Gasteiger partial charge in [-0.3, -0.25) is 4.79 Å². The van der Waals surface area contributed by atoms with Crippen LogP contribution in [0.1, 0.15) is 22.9 Å². The highest BCUT2D eigenvalue weighted by Crippen LogP contribution is 2.27. The Hall–Kier alpha value is -0.350. The first-order chi connectivity index (χ1) is 6.54. The maximum absolute atomic E-state index is 11.2. The minimum absolute atomic E-state index is 0.0797. The number of Topliss-reactive ketones (excluding diaryl/α,β-unsaturated/α-hetero) is 1. The van der Waals surface area contributed by atoms with Gasteiger partial charge in [0.2, 0.25) is 0 Å². The van der Waals surface area contributed by atoms with Crippen LogP contribution in [0.5, 0.6) is 0 Å². The van der Waals surface area contributed by atoms with E-state index >= 15 is 0 Å². The summed E-state index contributed by atoms with van der Waals surface area (Å²) in [6.45, 7) is 1.55. The Morgan fingerprint density at radius 3 is 2.64 bits per heavy atom. The van der Waals surface area contributed by atoms with Gasteiger partial charge in [0.05, 0.1) is 4.83 Å². The van der Waals surface area contributed by atoms with E-state index in [0.29, 0.717) is 5.69 Å². The molecule has 1 unspecified atom stereocenters. The number of hydrogen-bond donors (Lipinski definition) is 1. The number of nitrogens with two attached hydrogens (primary N) is 1. The average Bonchev–Trinajstić information content (AvgIpc) is 2.15. The molecule has 0 heterocycles. The van der Waals surface area contributed by atoms with Gasteiger partial charge >= 0.3 is 0 Å². The summed E-state index contributed by atoms with van der Waals surface area (Å²) < 4.78 is 0. The molecule has 14 heavy (non-hydrogen) atoms. The Morgan fingerprint density at radius 1 is 1.50 bits per heavy atom. The Balaban J connectivity index is 3.08. The first-order valence-corrected chi connectivity index (χ1v) is 6.18. The number of benzene rings is 1. The Bertz CT molecular complexity index is 352. The van der Waals surface area contributed by atoms with Crippen LogP contribution in [0.4, 0.5) is 5.69 Å². The third-order valence-electron chi connectivity index (χ3n) is 1.84. The van der Waals surface area contributed by atoms with Crippen LogP contribution in [0.3, 0.4) is 0 Å². The molecular formula is C10H11Br2NO. The SMILES string of the molecule is CC(=O)C(Br)c1cc(N)cc(CBr)c1. The normalized spacial score (nSPS) is 12.5. The number of rotatable bonds is 3. The fourth-order valence-electron chi connectivity index (χ4n) is 1.20. The molecule has 1 aromatic rings. The zero-order valence-corrected chi connectivity index (χ0v) is 10.9. The monoisotopic (exact) mass is 319 g/mol. The molecule has 0 radical (unpaired) electrons. The van der Waals surface area contributed by atoms with Crippen molar-refractivity contribution >= 4 is 43.3 Å². The van der Waals surface area contributed by atoms with Gasteiger partial charge in [-0.15, -0.1) is 0 Å². The van der Waals surface area contributed by atoms with E-state index in [4.69, 9.17) is 5.73 Å². The number of carbonyl (C=O) groups is 1. The van der Waals surface area contributed by atoms with Crippen molar-refractivity contribution in [3.05, 3.63) is 29.3 Å². The largest absolute Gasteiger partial charge is 0.399 e. The summed E-state index contributed by atoms with van der Waals surface area (Å²) in [5, 5.41) is 0.739. The van der Waals surface area contributed by atoms with E-state index in [-0.39, 0.29) is 10.6 Å². The van der Waals surface area contributed by atoms with Crippen molar-refractivity contribution in [3.8, 4) is 0 Å². The molecule has 0 aliphatic carbocycles. The van der Waals surface area contributed by atoms with Gasteiger partial charge in [-0.2, -0.15) is 0 Å². The summed E-state index contributed by atoms with van der Waals surface area (Å²) in [5.41, 5.74) is 8.39. The van der Waals surface area contributed by atoms with Crippen LogP contribution in [0.15, 0.2) is 18.2 Å². The quantitative estimate of drug-likeness (QED) is 0.686. The molecule has 76 valence electrons. The molecular weight excluding hydrogens is 310 g/mol. The molecule has 0 bridgehead atoms. The molecule has 0 aromatic heterocycles. The first-order valence-electron chi connectivity index (χ1n) is 4.14. The topological polar surface area (TPSA) is 43.1 Å². The number of ketones is 1. The van der Waals surface area contributed by atoms with E-state index in [1.807, 2.05) is 18.2 Å². The second-order valence-corrected chi connectivity index (χ2v) is 4.59. The van der Waals surface area contributed by atoms with E-state index in [0.717, 1.165) is 16.5 Å². The number of halogens is 2. The van der Waals surface area contributed by atoms with Crippen molar-refractivity contribution in [2.24, 2.45) is 0 Å². The Labute approximate surface area is 100 Å². The van der Waals surface area contributed by atoms with Crippen LogP contribution in [0.25, 0.3) is 0 Å². The molecule has 2 nitrogen and oxygen atoms in total. The molecule has 1 atom stereocenters. The number of carbonyl (C=O) groups excluding carboxylic acids is 1. The highest BCUT2D eigenvalue weighted by atomic mass is 79.9. The maximum Gasteiger partial charge on any atom is 0.147 e. The van der Waals surface area contributed by atoms with Gasteiger partial charge in [0.15, 0.2) is 0 Å². The summed E-state index contributed by atoms with van der Waals surface area (Å²) in [7, 11) is 0. The molecule has 2 N–H and O–H groups in total. The van der Waals surface area contributed by atoms with Gasteiger partial charge in [0, 0.05) is 11.0 Å². The highest BCUT2D eigenvalue weighted by Gasteiger charge is 2.13. The van der Waals surface area contributed by atoms with E-state index in [1.54, 1.807) is 6.92 Å². The number of nitrogen functional groups attached to an aromatic ring is 1. The third-order valence-corrected chi connectivity index (χ3v) is 3.66. The number of anilines is 1. The summed E-state index contributed by atoms with van der Waals surface area (Å²) in [4.78, 5) is 10.9. The zero-order chi connectivity index (χ0) is 10.7. The molecule has 0 spiro atoms. The molecule has 0 saturated carbocycles. The fourth-order valence-corrected chi connectivity index (χ4v) is 1.79. The lowest BCUT2D eigenvalue weighted by Gasteiger charge is -2.09. The molecule has 0 aliphatic heterocycles. The smallest absolute Gasteiger partial charge is 0.147 e. The van der Waals surface area contributed by atoms with Crippen LogP contribution in [0.2, 0.25) is 0 Å². The van der Waals surface area contributed by atoms with Crippen molar-refractivity contribution < 1.29 is 4.79 Å². The van der Waals surface area contributed by atoms with Gasteiger partial charge in [0.1, 0.15) is 5.78 Å². The lowest BCUT2D eigenvalue weighted by Crippen LogP contribution is -2.02. The Kier molecular flexibility index (Phi) is 4.13. The summed E-state index contributed by atoms with van der Waals surface area (Å²) in [6, 6.07) is 5.66. The number of hydrogen-bond acceptors (Lipinski definition) is 2. The average molecular weight is 321 g/mol. The van der Waals surface area contributed by atoms with Crippen molar-refractivity contribution in [2.45, 2.75) is 17.1 Å². The zero-order valence-electron chi connectivity index (χ0n) is 7.76. The predicted octanol–water partition coefficient (Wildman–Crippen LogP) is 3.19. The predicted molar refractivity (Wildman–Crippen MR) is 65.8 cm³/mol. The molecule has 0 fully saturated rings. The molecule has 0 amide bonds. The number of alkyl halides is 2. The van der Waals surface area contributed by atoms with Crippen LogP contribution in [-0.4, -0.2) is 5.78 Å². The van der Waals surface area contributed by atoms with Crippen molar-refractivity contribution in [1.29, 1.82) is 0 Å². The van der Waals surface area contributed by atoms with E-state index < -0.39 is 0 Å². The van der Waals surface area contributed by atoms with Gasteiger partial charge in [-0.05, 0) is 30.2 Å². The standard InChI is InChI=1S/C10H11Br2NO/c1-6(14)10(12)8-2-7(5-11)3-9(13)4-8/h2-4,10H,5,13H2,1H3. The second-order valence-electron chi connectivity index (χ2n) is 3.11. The molecule has 1 aromatic carbocycles. The van der Waals surface area contributed by atoms with Gasteiger partial charge in [-0.1, -0.05) is 37.9 Å². The van der Waals surface area contributed by atoms with Crippen LogP contribution in [-0.2, 0) is 10.1 Å². The second kappa shape index (κ2) is 4.94. The Morgan fingerprint density at radius 2 is 2.14 bits per heavy atom. The van der Waals surface area contributed by atoms with Crippen molar-refractivity contribution in [2.75, 3.05) is 5.73 Å². The minimum Gasteiger partial charge on any atom is -0.399 e. The lowest BCUT2D eigenvalue weighted by molar-refractivity contribution is -0.116. The molecule has 0 aliphatic rings. The third kappa shape index (κ3) is 2.82. The van der Waals surface area contributed by atoms with E-state index in [1.165, 1.54) is 0 Å². The highest BCUT2D eigenvalue weighted by molar-refractivity contribution is 9.09. The fraction of sp³-hybridized carbons (Fsp3) is 0.300. The van der Waals surface area contributed by atoms with Gasteiger partial charge in [-0.25, -0.2) is 0 Å². The lowest BCUT2D eigenvalue weighted by atomic mass is 10.1. The van der Waals surface area contributed by atoms with Crippen LogP contribution in [0, 0.1) is 0 Å².